The molecule has 0 bridgehead atoms. The topological polar surface area (TPSA) is 61.4 Å². The molecule has 1 aromatic carbocycles. The first kappa shape index (κ1) is 15.4. The van der Waals surface area contributed by atoms with Crippen LogP contribution in [0.1, 0.15) is 37.0 Å². The zero-order valence-electron chi connectivity index (χ0n) is 12.7. The number of hydrogen-bond donors (Lipinski definition) is 2. The maximum absolute atomic E-state index is 12.2. The van der Waals surface area contributed by atoms with Crippen LogP contribution in [0, 0.1) is 5.92 Å². The van der Waals surface area contributed by atoms with Crippen molar-refractivity contribution < 1.29 is 9.59 Å². The SMILES string of the molecule is CCNC(=O)c1cccc(NC(=O)N2CCC[C@@H](C)C2)c1. The average Bonchev–Trinajstić information content (AvgIpc) is 2.48. The van der Waals surface area contributed by atoms with Crippen LogP contribution in [0.4, 0.5) is 10.5 Å². The molecule has 0 aromatic heterocycles. The van der Waals surface area contributed by atoms with Crippen LogP contribution in [0.15, 0.2) is 24.3 Å². The van der Waals surface area contributed by atoms with Crippen LogP contribution in [0.2, 0.25) is 0 Å². The molecular formula is C16H23N3O2. The number of hydrogen-bond acceptors (Lipinski definition) is 2. The van der Waals surface area contributed by atoms with Crippen molar-refractivity contribution in [2.75, 3.05) is 25.0 Å². The molecule has 2 N–H and O–H groups in total. The zero-order chi connectivity index (χ0) is 15.2. The Hall–Kier alpha value is -2.04. The van der Waals surface area contributed by atoms with E-state index in [0.717, 1.165) is 19.5 Å². The first-order chi connectivity index (χ1) is 10.1. The first-order valence-corrected chi connectivity index (χ1v) is 7.54. The third-order valence-electron chi connectivity index (χ3n) is 3.66. The normalized spacial score (nSPS) is 18.2. The smallest absolute Gasteiger partial charge is 0.321 e. The second-order valence-corrected chi connectivity index (χ2v) is 5.56. The Kier molecular flexibility index (Phi) is 5.20. The van der Waals surface area contributed by atoms with Gasteiger partial charge in [-0.1, -0.05) is 13.0 Å². The molecule has 1 aromatic rings. The van der Waals surface area contributed by atoms with Crippen LogP contribution in [-0.2, 0) is 0 Å². The van der Waals surface area contributed by atoms with Crippen LogP contribution in [-0.4, -0.2) is 36.5 Å². The van der Waals surface area contributed by atoms with Gasteiger partial charge in [0.2, 0.25) is 0 Å². The summed E-state index contributed by atoms with van der Waals surface area (Å²) in [4.78, 5) is 25.9. The van der Waals surface area contributed by atoms with Gasteiger partial charge in [0.05, 0.1) is 0 Å². The molecule has 1 saturated heterocycles. The maximum Gasteiger partial charge on any atom is 0.321 e. The van der Waals surface area contributed by atoms with Gasteiger partial charge in [0.15, 0.2) is 0 Å². The van der Waals surface area contributed by atoms with Crippen LogP contribution in [0.3, 0.4) is 0 Å². The lowest BCUT2D eigenvalue weighted by atomic mass is 10.0. The number of nitrogens with one attached hydrogen (secondary N) is 2. The van der Waals surface area contributed by atoms with Gasteiger partial charge in [0.25, 0.3) is 5.91 Å². The lowest BCUT2D eigenvalue weighted by Gasteiger charge is -2.30. The highest BCUT2D eigenvalue weighted by Crippen LogP contribution is 2.17. The average molecular weight is 289 g/mol. The predicted octanol–water partition coefficient (Wildman–Crippen LogP) is 2.70. The molecule has 1 fully saturated rings. The maximum atomic E-state index is 12.2. The summed E-state index contributed by atoms with van der Waals surface area (Å²) in [5, 5.41) is 5.63. The summed E-state index contributed by atoms with van der Waals surface area (Å²) in [6, 6.07) is 6.93. The van der Waals surface area contributed by atoms with Crippen LogP contribution >= 0.6 is 0 Å². The van der Waals surface area contributed by atoms with Crippen LogP contribution in [0.5, 0.6) is 0 Å². The quantitative estimate of drug-likeness (QED) is 0.898. The van der Waals surface area contributed by atoms with E-state index in [1.807, 2.05) is 11.8 Å². The van der Waals surface area contributed by atoms with Gasteiger partial charge in [0.1, 0.15) is 0 Å². The summed E-state index contributed by atoms with van der Waals surface area (Å²) in [6.45, 7) is 6.21. The first-order valence-electron chi connectivity index (χ1n) is 7.54. The molecule has 0 aliphatic carbocycles. The van der Waals surface area contributed by atoms with E-state index in [-0.39, 0.29) is 11.9 Å². The molecule has 114 valence electrons. The zero-order valence-corrected chi connectivity index (χ0v) is 12.7. The van der Waals surface area contributed by atoms with Crippen molar-refractivity contribution in [3.8, 4) is 0 Å². The summed E-state index contributed by atoms with van der Waals surface area (Å²) in [5.74, 6) is 0.423. The molecule has 0 spiro atoms. The Morgan fingerprint density at radius 2 is 2.19 bits per heavy atom. The van der Waals surface area contributed by atoms with Crippen molar-refractivity contribution in [2.24, 2.45) is 5.92 Å². The fraction of sp³-hybridized carbons (Fsp3) is 0.500. The molecule has 5 heteroatoms. The third-order valence-corrected chi connectivity index (χ3v) is 3.66. The number of anilines is 1. The number of carbonyl (C=O) groups is 2. The molecule has 0 saturated carbocycles. The van der Waals surface area contributed by atoms with E-state index in [2.05, 4.69) is 17.6 Å². The molecule has 1 aliphatic heterocycles. The minimum absolute atomic E-state index is 0.0883. The fourth-order valence-electron chi connectivity index (χ4n) is 2.58. The van der Waals surface area contributed by atoms with Gasteiger partial charge < -0.3 is 15.5 Å². The second kappa shape index (κ2) is 7.11. The van der Waals surface area contributed by atoms with Crippen molar-refractivity contribution >= 4 is 17.6 Å². The summed E-state index contributed by atoms with van der Waals surface area (Å²) >= 11 is 0. The number of benzene rings is 1. The number of likely N-dealkylation sites (tertiary alicyclic amines) is 1. The standard InChI is InChI=1S/C16H23N3O2/c1-3-17-15(20)13-7-4-8-14(10-13)18-16(21)19-9-5-6-12(2)11-19/h4,7-8,10,12H,3,5-6,9,11H2,1-2H3,(H,17,20)(H,18,21)/t12-/m1/s1. The number of urea groups is 1. The van der Waals surface area contributed by atoms with Gasteiger partial charge in [-0.2, -0.15) is 0 Å². The van der Waals surface area contributed by atoms with Gasteiger partial charge >= 0.3 is 6.03 Å². The second-order valence-electron chi connectivity index (χ2n) is 5.56. The summed E-state index contributed by atoms with van der Waals surface area (Å²) in [5.41, 5.74) is 1.21. The largest absolute Gasteiger partial charge is 0.352 e. The molecule has 1 heterocycles. The lowest BCUT2D eigenvalue weighted by Crippen LogP contribution is -2.41. The van der Waals surface area contributed by atoms with Crippen molar-refractivity contribution in [3.05, 3.63) is 29.8 Å². The molecule has 21 heavy (non-hydrogen) atoms. The van der Waals surface area contributed by atoms with Crippen molar-refractivity contribution in [3.63, 3.8) is 0 Å². The molecule has 2 rings (SSSR count). The highest BCUT2D eigenvalue weighted by atomic mass is 16.2. The molecular weight excluding hydrogens is 266 g/mol. The van der Waals surface area contributed by atoms with Gasteiger partial charge in [-0.3, -0.25) is 4.79 Å². The molecule has 1 atom stereocenters. The summed E-state index contributed by atoms with van der Waals surface area (Å²) in [7, 11) is 0. The Morgan fingerprint density at radius 3 is 2.90 bits per heavy atom. The number of rotatable bonds is 3. The highest BCUT2D eigenvalue weighted by molar-refractivity contribution is 5.96. The monoisotopic (exact) mass is 289 g/mol. The van der Waals surface area contributed by atoms with Crippen molar-refractivity contribution in [2.45, 2.75) is 26.7 Å². The Balaban J connectivity index is 2.00. The van der Waals surface area contributed by atoms with E-state index in [9.17, 15) is 9.59 Å². The van der Waals surface area contributed by atoms with Crippen LogP contribution in [0.25, 0.3) is 0 Å². The third kappa shape index (κ3) is 4.21. The van der Waals surface area contributed by atoms with Crippen LogP contribution < -0.4 is 10.6 Å². The predicted molar refractivity (Wildman–Crippen MR) is 83.4 cm³/mol. The molecule has 0 unspecified atom stereocenters. The molecule has 3 amide bonds. The van der Waals surface area contributed by atoms with E-state index < -0.39 is 0 Å². The number of carbonyl (C=O) groups excluding carboxylic acids is 2. The molecule has 0 radical (unpaired) electrons. The minimum atomic E-state index is -0.125. The summed E-state index contributed by atoms with van der Waals surface area (Å²) in [6.07, 6.45) is 2.23. The number of nitrogens with zero attached hydrogens (tertiary/aromatic N) is 1. The van der Waals surface area contributed by atoms with Crippen molar-refractivity contribution in [1.82, 2.24) is 10.2 Å². The van der Waals surface area contributed by atoms with E-state index in [0.29, 0.717) is 23.7 Å². The van der Waals surface area contributed by atoms with Crippen molar-refractivity contribution in [1.29, 1.82) is 0 Å². The van der Waals surface area contributed by atoms with Gasteiger partial charge in [-0.25, -0.2) is 4.79 Å². The Morgan fingerprint density at radius 1 is 1.38 bits per heavy atom. The molecule has 5 nitrogen and oxygen atoms in total. The van der Waals surface area contributed by atoms with Gasteiger partial charge in [-0.05, 0) is 43.9 Å². The van der Waals surface area contributed by atoms with E-state index in [1.165, 1.54) is 6.42 Å². The number of piperidine rings is 1. The Bertz CT molecular complexity index is 516. The summed E-state index contributed by atoms with van der Waals surface area (Å²) < 4.78 is 0. The lowest BCUT2D eigenvalue weighted by molar-refractivity contribution is 0.0956. The van der Waals surface area contributed by atoms with Gasteiger partial charge in [0, 0.05) is 30.9 Å². The van der Waals surface area contributed by atoms with E-state index in [4.69, 9.17) is 0 Å². The minimum Gasteiger partial charge on any atom is -0.352 e. The number of amides is 3. The highest BCUT2D eigenvalue weighted by Gasteiger charge is 2.20. The Labute approximate surface area is 125 Å². The van der Waals surface area contributed by atoms with E-state index >= 15 is 0 Å². The fourth-order valence-corrected chi connectivity index (χ4v) is 2.58. The molecule has 1 aliphatic rings. The van der Waals surface area contributed by atoms with Gasteiger partial charge in [-0.15, -0.1) is 0 Å². The van der Waals surface area contributed by atoms with E-state index in [1.54, 1.807) is 24.3 Å².